The lowest BCUT2D eigenvalue weighted by atomic mass is 9.93. The Morgan fingerprint density at radius 3 is 2.17 bits per heavy atom. The van der Waals surface area contributed by atoms with E-state index in [1.165, 1.54) is 18.9 Å². The van der Waals surface area contributed by atoms with E-state index < -0.39 is 53.7 Å². The Bertz CT molecular complexity index is 2350. The number of nitrogens with one attached hydrogen (secondary N) is 4. The number of ether oxygens (including phenoxy) is 2. The molecule has 0 saturated carbocycles. The molecular formula is C47H55N9O7. The molecule has 5 amide bonds. The molecule has 63 heavy (non-hydrogen) atoms. The Morgan fingerprint density at radius 1 is 0.857 bits per heavy atom. The number of hydrogen-bond acceptors (Lipinski definition) is 11. The Kier molecular flexibility index (Phi) is 16.9. The predicted molar refractivity (Wildman–Crippen MR) is 240 cm³/mol. The first-order valence-corrected chi connectivity index (χ1v) is 20.7. The number of hydrogen-bond donors (Lipinski definition) is 7. The molecule has 1 heterocycles. The number of aryl methyl sites for hydroxylation is 1. The van der Waals surface area contributed by atoms with E-state index in [0.717, 1.165) is 11.1 Å². The third kappa shape index (κ3) is 12.3. The number of nitrogens with zero attached hydrogens (tertiary/aromatic N) is 2. The number of benzene rings is 4. The van der Waals surface area contributed by atoms with Crippen LogP contribution in [0.15, 0.2) is 84.9 Å². The molecule has 16 heteroatoms. The number of nitrogens with two attached hydrogens (primary N) is 3. The minimum absolute atomic E-state index is 0.00953. The number of likely N-dealkylation sites (N-methyl/N-ethyl adjacent to an activating group) is 1. The minimum Gasteiger partial charge on any atom is -0.492 e. The summed E-state index contributed by atoms with van der Waals surface area (Å²) in [4.78, 5) is 71.2. The third-order valence-electron chi connectivity index (χ3n) is 10.4. The van der Waals surface area contributed by atoms with Crippen molar-refractivity contribution in [1.29, 1.82) is 5.26 Å². The second-order valence-electron chi connectivity index (χ2n) is 15.0. The van der Waals surface area contributed by atoms with Crippen molar-refractivity contribution in [1.82, 2.24) is 26.2 Å². The van der Waals surface area contributed by atoms with Crippen molar-refractivity contribution in [3.8, 4) is 28.7 Å². The van der Waals surface area contributed by atoms with E-state index in [-0.39, 0.29) is 52.2 Å². The van der Waals surface area contributed by atoms with Gasteiger partial charge >= 0.3 is 0 Å². The van der Waals surface area contributed by atoms with Crippen LogP contribution < -0.4 is 47.9 Å². The van der Waals surface area contributed by atoms with Gasteiger partial charge in [-0.05, 0) is 85.0 Å². The molecule has 4 aromatic carbocycles. The fourth-order valence-corrected chi connectivity index (χ4v) is 7.17. The van der Waals surface area contributed by atoms with Crippen molar-refractivity contribution in [2.75, 3.05) is 46.4 Å². The summed E-state index contributed by atoms with van der Waals surface area (Å²) in [7, 11) is 1.43. The number of fused-ring (bicyclic) bond motifs is 5. The summed E-state index contributed by atoms with van der Waals surface area (Å²) in [5.74, 6) is -2.38. The van der Waals surface area contributed by atoms with Gasteiger partial charge in [0.1, 0.15) is 55.4 Å². The lowest BCUT2D eigenvalue weighted by molar-refractivity contribution is -0.141. The van der Waals surface area contributed by atoms with Gasteiger partial charge in [0.25, 0.3) is 5.91 Å². The van der Waals surface area contributed by atoms with Crippen LogP contribution in [0.2, 0.25) is 0 Å². The van der Waals surface area contributed by atoms with Gasteiger partial charge in [-0.2, -0.15) is 5.26 Å². The van der Waals surface area contributed by atoms with Crippen LogP contribution in [0.1, 0.15) is 57.6 Å². The van der Waals surface area contributed by atoms with Crippen molar-refractivity contribution >= 4 is 41.7 Å². The van der Waals surface area contributed by atoms with Gasteiger partial charge in [0.15, 0.2) is 0 Å². The zero-order valence-corrected chi connectivity index (χ0v) is 35.7. The second-order valence-corrected chi connectivity index (χ2v) is 15.0. The van der Waals surface area contributed by atoms with Crippen LogP contribution in [0, 0.1) is 18.3 Å². The van der Waals surface area contributed by atoms with Gasteiger partial charge in [-0.3, -0.25) is 24.0 Å². The summed E-state index contributed by atoms with van der Waals surface area (Å²) in [6.07, 6.45) is 3.97. The molecule has 4 atom stereocenters. The van der Waals surface area contributed by atoms with E-state index in [1.807, 2.05) is 60.7 Å². The molecule has 10 N–H and O–H groups in total. The average molecular weight is 858 g/mol. The zero-order chi connectivity index (χ0) is 45.5. The van der Waals surface area contributed by atoms with Gasteiger partial charge in [-0.1, -0.05) is 66.7 Å². The molecule has 0 fully saturated rings. The molecular weight excluding hydrogens is 803 g/mol. The fraction of sp³-hybridized carbons (Fsp3) is 0.319. The normalized spacial score (nSPS) is 16.7. The first-order valence-electron chi connectivity index (χ1n) is 20.7. The molecule has 4 bridgehead atoms. The highest BCUT2D eigenvalue weighted by molar-refractivity contribution is 6.00. The summed E-state index contributed by atoms with van der Waals surface area (Å²) in [5.41, 5.74) is 22.5. The molecule has 0 spiro atoms. The maximum Gasteiger partial charge on any atom is 0.252 e. The molecule has 1 aliphatic heterocycles. The van der Waals surface area contributed by atoms with Crippen molar-refractivity contribution in [3.63, 3.8) is 0 Å². The molecule has 0 aliphatic carbocycles. The summed E-state index contributed by atoms with van der Waals surface area (Å²) < 4.78 is 12.2. The second kappa shape index (κ2) is 22.7. The predicted octanol–water partition coefficient (Wildman–Crippen LogP) is 2.34. The van der Waals surface area contributed by atoms with E-state index in [0.29, 0.717) is 44.9 Å². The molecule has 0 unspecified atom stereocenters. The molecule has 1 aliphatic rings. The molecule has 0 radical (unpaired) electrons. The average Bonchev–Trinajstić information content (AvgIpc) is 3.28. The van der Waals surface area contributed by atoms with Crippen LogP contribution in [-0.2, 0) is 25.6 Å². The summed E-state index contributed by atoms with van der Waals surface area (Å²) in [6, 6.07) is 22.4. The largest absolute Gasteiger partial charge is 0.492 e. The lowest BCUT2D eigenvalue weighted by Gasteiger charge is -2.32. The maximum atomic E-state index is 14.6. The van der Waals surface area contributed by atoms with Gasteiger partial charge < -0.3 is 52.8 Å². The van der Waals surface area contributed by atoms with Crippen LogP contribution in [0.5, 0.6) is 11.5 Å². The van der Waals surface area contributed by atoms with Crippen molar-refractivity contribution in [2.45, 2.75) is 50.9 Å². The highest BCUT2D eigenvalue weighted by Crippen LogP contribution is 2.40. The first kappa shape index (κ1) is 47.0. The Morgan fingerprint density at radius 2 is 1.52 bits per heavy atom. The Labute approximate surface area is 367 Å². The summed E-state index contributed by atoms with van der Waals surface area (Å²) in [6.45, 7) is 3.68. The topological polar surface area (TPSA) is 257 Å². The maximum absolute atomic E-state index is 14.6. The summed E-state index contributed by atoms with van der Waals surface area (Å²) >= 11 is 0. The van der Waals surface area contributed by atoms with E-state index in [9.17, 15) is 24.0 Å². The third-order valence-corrected chi connectivity index (χ3v) is 10.4. The van der Waals surface area contributed by atoms with Crippen molar-refractivity contribution < 1.29 is 33.4 Å². The van der Waals surface area contributed by atoms with Gasteiger partial charge in [0.05, 0.1) is 6.07 Å². The van der Waals surface area contributed by atoms with E-state index in [4.69, 9.17) is 31.9 Å². The van der Waals surface area contributed by atoms with Crippen LogP contribution in [0.25, 0.3) is 23.3 Å². The van der Waals surface area contributed by atoms with E-state index >= 15 is 0 Å². The molecule has 5 rings (SSSR count). The van der Waals surface area contributed by atoms with Crippen LogP contribution in [0.4, 0.5) is 0 Å². The van der Waals surface area contributed by atoms with Gasteiger partial charge in [0.2, 0.25) is 23.6 Å². The van der Waals surface area contributed by atoms with Gasteiger partial charge in [0, 0.05) is 43.2 Å². The molecule has 4 aromatic rings. The standard InChI is InChI=1S/C47H55N9O7/c1-29-25-32(10-9-31-7-5-4-6-8-31)11-14-35(29)44(58)54-38(17-18-48)47(61)56(3)42-34-13-16-41(63-24-21-51)37(28-34)36-26-33(12-15-40(36)62-23-20-50)27-39(45(59)52-22-19-49)55-43(57)30(2)53-46(42)60/h4-16,25-26,28,30,38-39,42H,17-18,20-24,27,48,50-51H2,1-3H3,(H,52,59)(H,53,60)(H,54,58)(H,55,57)/b10-9+/t30-,38-,39-,42-/m0/s1. The molecule has 330 valence electrons. The number of nitriles is 1. The van der Waals surface area contributed by atoms with E-state index in [2.05, 4.69) is 21.3 Å². The Hall–Kier alpha value is -7.06. The number of rotatable bonds is 16. The quantitative estimate of drug-likeness (QED) is 0.0636. The minimum atomic E-state index is -1.38. The van der Waals surface area contributed by atoms with E-state index in [1.54, 1.807) is 49.4 Å². The van der Waals surface area contributed by atoms with Crippen molar-refractivity contribution in [2.24, 2.45) is 17.2 Å². The first-order chi connectivity index (χ1) is 30.4. The number of amides is 5. The number of carbonyl (C=O) groups excluding carboxylic acids is 5. The molecule has 16 nitrogen and oxygen atoms in total. The van der Waals surface area contributed by atoms with Crippen LogP contribution >= 0.6 is 0 Å². The van der Waals surface area contributed by atoms with Crippen molar-refractivity contribution in [3.05, 3.63) is 118 Å². The monoisotopic (exact) mass is 857 g/mol. The SMILES string of the molecule is Cc1cc(/C=C/c2ccccc2)ccc1C(=O)N[C@@H](CCN)C(=O)N(C)[C@@H]1C(=O)N[C@@H](C)C(=O)N[C@H](C(=O)NCC#N)Cc2ccc(OCCN)c(c2)-c2cc1ccc2OCCN. The smallest absolute Gasteiger partial charge is 0.252 e. The molecule has 0 aromatic heterocycles. The highest BCUT2D eigenvalue weighted by Gasteiger charge is 2.36. The van der Waals surface area contributed by atoms with Crippen LogP contribution in [-0.4, -0.2) is 99.0 Å². The molecule has 0 saturated heterocycles. The van der Waals surface area contributed by atoms with Gasteiger partial charge in [-0.15, -0.1) is 0 Å². The van der Waals surface area contributed by atoms with Gasteiger partial charge in [-0.25, -0.2) is 0 Å². The fourth-order valence-electron chi connectivity index (χ4n) is 7.17. The zero-order valence-electron chi connectivity index (χ0n) is 35.7. The van der Waals surface area contributed by atoms with Crippen LogP contribution in [0.3, 0.4) is 0 Å². The summed E-state index contributed by atoms with van der Waals surface area (Å²) in [5, 5.41) is 19.9. The number of carbonyl (C=O) groups is 5. The lowest BCUT2D eigenvalue weighted by Crippen LogP contribution is -2.56. The Balaban J connectivity index is 1.55. The highest BCUT2D eigenvalue weighted by atomic mass is 16.5.